The van der Waals surface area contributed by atoms with Gasteiger partial charge in [0.25, 0.3) is 0 Å². The van der Waals surface area contributed by atoms with Crippen molar-refractivity contribution in [2.45, 2.75) is 96.4 Å². The van der Waals surface area contributed by atoms with Gasteiger partial charge in [-0.2, -0.15) is 0 Å². The predicted molar refractivity (Wildman–Crippen MR) is 118 cm³/mol. The van der Waals surface area contributed by atoms with E-state index in [1.807, 2.05) is 30.3 Å². The molecule has 0 saturated carbocycles. The number of carboxylic acid groups (broad SMARTS) is 1. The van der Waals surface area contributed by atoms with Crippen molar-refractivity contribution in [1.29, 1.82) is 0 Å². The van der Waals surface area contributed by atoms with E-state index in [1.54, 1.807) is 0 Å². The molecule has 1 atom stereocenters. The van der Waals surface area contributed by atoms with E-state index in [-0.39, 0.29) is 29.6 Å². The molecule has 2 N–H and O–H groups in total. The molecule has 3 nitrogen and oxygen atoms in total. The molecular formula is C23H40NNaO2. The molecule has 1 aromatic carbocycles. The van der Waals surface area contributed by atoms with Crippen molar-refractivity contribution < 1.29 is 9.90 Å². The van der Waals surface area contributed by atoms with E-state index >= 15 is 0 Å². The Labute approximate surface area is 189 Å². The Balaban J connectivity index is 0.00000676. The summed E-state index contributed by atoms with van der Waals surface area (Å²) in [5.74, 6) is -0.757. The molecule has 1 rings (SSSR count). The minimum absolute atomic E-state index is 0. The molecule has 27 heavy (non-hydrogen) atoms. The number of hydrogen-bond donors (Lipinski definition) is 2. The van der Waals surface area contributed by atoms with Crippen LogP contribution in [-0.2, 0) is 11.2 Å². The third kappa shape index (κ3) is 15.3. The summed E-state index contributed by atoms with van der Waals surface area (Å²) < 4.78 is 0. The first-order valence-electron chi connectivity index (χ1n) is 10.7. The van der Waals surface area contributed by atoms with E-state index < -0.39 is 12.0 Å². The molecule has 0 aliphatic rings. The minimum atomic E-state index is -0.757. The Morgan fingerprint density at radius 2 is 1.33 bits per heavy atom. The molecular weight excluding hydrogens is 345 g/mol. The summed E-state index contributed by atoms with van der Waals surface area (Å²) in [4.78, 5) is 11.4. The fourth-order valence-corrected chi connectivity index (χ4v) is 3.34. The van der Waals surface area contributed by atoms with Gasteiger partial charge in [0.1, 0.15) is 6.04 Å². The van der Waals surface area contributed by atoms with Gasteiger partial charge in [0.05, 0.1) is 0 Å². The standard InChI is InChI=1S/C23H39NO2.Na.H/c1-2-3-4-5-6-7-8-9-10-11-12-16-19-24-22(23(25)26)20-21-17-14-13-15-18-21;;/h13-15,17-18,22,24H,2-12,16,19-20H2,1H3,(H,25,26);;/t22-;;/m0../s1. The van der Waals surface area contributed by atoms with Crippen LogP contribution in [-0.4, -0.2) is 53.2 Å². The molecule has 0 unspecified atom stereocenters. The van der Waals surface area contributed by atoms with Crippen molar-refractivity contribution in [2.24, 2.45) is 0 Å². The second-order valence-electron chi connectivity index (χ2n) is 7.42. The van der Waals surface area contributed by atoms with Gasteiger partial charge in [0.2, 0.25) is 0 Å². The van der Waals surface area contributed by atoms with E-state index in [0.29, 0.717) is 6.42 Å². The molecule has 0 radical (unpaired) electrons. The summed E-state index contributed by atoms with van der Waals surface area (Å²) in [5.41, 5.74) is 1.07. The third-order valence-electron chi connectivity index (χ3n) is 5.00. The number of nitrogens with one attached hydrogen (secondary N) is 1. The molecule has 150 valence electrons. The number of carbonyl (C=O) groups is 1. The normalized spacial score (nSPS) is 11.7. The van der Waals surface area contributed by atoms with Gasteiger partial charge < -0.3 is 10.4 Å². The van der Waals surface area contributed by atoms with Gasteiger partial charge in [-0.25, -0.2) is 0 Å². The van der Waals surface area contributed by atoms with Crippen molar-refractivity contribution in [3.8, 4) is 0 Å². The van der Waals surface area contributed by atoms with Gasteiger partial charge in [-0.05, 0) is 24.9 Å². The van der Waals surface area contributed by atoms with Crippen LogP contribution < -0.4 is 5.32 Å². The fourth-order valence-electron chi connectivity index (χ4n) is 3.34. The molecule has 0 amide bonds. The summed E-state index contributed by atoms with van der Waals surface area (Å²) in [6.45, 7) is 3.06. The molecule has 0 heterocycles. The van der Waals surface area contributed by atoms with Gasteiger partial charge in [0.15, 0.2) is 0 Å². The monoisotopic (exact) mass is 385 g/mol. The number of unbranched alkanes of at least 4 members (excludes halogenated alkanes) is 11. The zero-order valence-corrected chi connectivity index (χ0v) is 16.7. The van der Waals surface area contributed by atoms with Crippen LogP contribution in [0.1, 0.15) is 89.5 Å². The maximum absolute atomic E-state index is 11.4. The summed E-state index contributed by atoms with van der Waals surface area (Å²) >= 11 is 0. The second kappa shape index (κ2) is 19.0. The van der Waals surface area contributed by atoms with Crippen LogP contribution in [0.15, 0.2) is 30.3 Å². The van der Waals surface area contributed by atoms with Crippen molar-refractivity contribution in [3.05, 3.63) is 35.9 Å². The first-order valence-corrected chi connectivity index (χ1v) is 10.7. The number of hydrogen-bond acceptors (Lipinski definition) is 2. The Bertz CT molecular complexity index is 453. The van der Waals surface area contributed by atoms with E-state index in [2.05, 4.69) is 12.2 Å². The first-order chi connectivity index (χ1) is 12.7. The number of carboxylic acids is 1. The van der Waals surface area contributed by atoms with Gasteiger partial charge in [0, 0.05) is 0 Å². The van der Waals surface area contributed by atoms with Crippen molar-refractivity contribution in [3.63, 3.8) is 0 Å². The quantitative estimate of drug-likeness (QED) is 0.282. The van der Waals surface area contributed by atoms with Gasteiger partial charge in [-0.15, -0.1) is 0 Å². The average molecular weight is 386 g/mol. The topological polar surface area (TPSA) is 49.3 Å². The zero-order chi connectivity index (χ0) is 18.9. The molecule has 0 aliphatic heterocycles. The summed E-state index contributed by atoms with van der Waals surface area (Å²) in [5, 5.41) is 12.6. The van der Waals surface area contributed by atoms with E-state index in [0.717, 1.165) is 18.5 Å². The van der Waals surface area contributed by atoms with E-state index in [4.69, 9.17) is 0 Å². The summed E-state index contributed by atoms with van der Waals surface area (Å²) in [6.07, 6.45) is 16.5. The summed E-state index contributed by atoms with van der Waals surface area (Å²) in [6, 6.07) is 9.37. The molecule has 0 aliphatic carbocycles. The average Bonchev–Trinajstić information content (AvgIpc) is 2.65. The molecule has 0 aromatic heterocycles. The fraction of sp³-hybridized carbons (Fsp3) is 0.696. The molecule has 0 bridgehead atoms. The SMILES string of the molecule is CCCCCCCCCCCCCCN[C@@H](Cc1ccccc1)C(=O)O.[NaH]. The molecule has 0 saturated heterocycles. The second-order valence-corrected chi connectivity index (χ2v) is 7.42. The third-order valence-corrected chi connectivity index (χ3v) is 5.00. The van der Waals surface area contributed by atoms with Crippen LogP contribution in [0.25, 0.3) is 0 Å². The van der Waals surface area contributed by atoms with Crippen LogP contribution >= 0.6 is 0 Å². The first kappa shape index (κ1) is 26.6. The Morgan fingerprint density at radius 3 is 1.81 bits per heavy atom. The Hall–Kier alpha value is -0.350. The van der Waals surface area contributed by atoms with Gasteiger partial charge in [-0.3, -0.25) is 4.79 Å². The number of aliphatic carboxylic acids is 1. The van der Waals surface area contributed by atoms with Crippen LogP contribution in [0.2, 0.25) is 0 Å². The maximum atomic E-state index is 11.4. The van der Waals surface area contributed by atoms with Crippen molar-refractivity contribution in [1.82, 2.24) is 5.32 Å². The van der Waals surface area contributed by atoms with Gasteiger partial charge in [-0.1, -0.05) is 108 Å². The molecule has 0 fully saturated rings. The van der Waals surface area contributed by atoms with Crippen LogP contribution in [0, 0.1) is 0 Å². The van der Waals surface area contributed by atoms with E-state index in [1.165, 1.54) is 70.6 Å². The zero-order valence-electron chi connectivity index (χ0n) is 16.7. The van der Waals surface area contributed by atoms with Crippen LogP contribution in [0.5, 0.6) is 0 Å². The number of benzene rings is 1. The Morgan fingerprint density at radius 1 is 0.852 bits per heavy atom. The van der Waals surface area contributed by atoms with Crippen LogP contribution in [0.4, 0.5) is 0 Å². The number of rotatable bonds is 17. The Kier molecular flexibility index (Phi) is 18.7. The summed E-state index contributed by atoms with van der Waals surface area (Å²) in [7, 11) is 0. The van der Waals surface area contributed by atoms with Gasteiger partial charge >= 0.3 is 35.5 Å². The van der Waals surface area contributed by atoms with Crippen molar-refractivity contribution in [2.75, 3.05) is 6.54 Å². The molecule has 4 heteroatoms. The predicted octanol–water partition coefficient (Wildman–Crippen LogP) is 5.32. The van der Waals surface area contributed by atoms with Crippen LogP contribution in [0.3, 0.4) is 0 Å². The molecule has 1 aromatic rings. The van der Waals surface area contributed by atoms with Crippen molar-refractivity contribution >= 4 is 35.5 Å². The molecule has 0 spiro atoms. The van der Waals surface area contributed by atoms with E-state index in [9.17, 15) is 9.90 Å².